The van der Waals surface area contributed by atoms with E-state index in [1.54, 1.807) is 31.3 Å². The van der Waals surface area contributed by atoms with Crippen molar-refractivity contribution in [3.63, 3.8) is 0 Å². The van der Waals surface area contributed by atoms with E-state index in [1.165, 1.54) is 12.1 Å². The van der Waals surface area contributed by atoms with Gasteiger partial charge in [0.25, 0.3) is 5.91 Å². The first kappa shape index (κ1) is 25.2. The molecule has 2 unspecified atom stereocenters. The van der Waals surface area contributed by atoms with Crippen LogP contribution in [-0.4, -0.2) is 25.5 Å². The molecule has 1 saturated heterocycles. The van der Waals surface area contributed by atoms with E-state index in [1.807, 2.05) is 12.1 Å². The predicted octanol–water partition coefficient (Wildman–Crippen LogP) is 5.07. The van der Waals surface area contributed by atoms with Crippen molar-refractivity contribution in [2.45, 2.75) is 25.9 Å². The largest absolute Gasteiger partial charge is 0.478 e. The summed E-state index contributed by atoms with van der Waals surface area (Å²) < 4.78 is 19.9. The highest BCUT2D eigenvalue weighted by Gasteiger charge is 2.21. The van der Waals surface area contributed by atoms with Gasteiger partial charge in [-0.15, -0.1) is 0 Å². The molecule has 6 nitrogen and oxygen atoms in total. The Morgan fingerprint density at radius 2 is 2.03 bits per heavy atom. The van der Waals surface area contributed by atoms with E-state index in [0.717, 1.165) is 37.1 Å². The van der Waals surface area contributed by atoms with Crippen molar-refractivity contribution in [3.05, 3.63) is 75.7 Å². The number of aromatic amines is 1. The van der Waals surface area contributed by atoms with Gasteiger partial charge in [0.2, 0.25) is 5.75 Å². The second kappa shape index (κ2) is 11.2. The minimum absolute atomic E-state index is 0.0858. The Morgan fingerprint density at radius 1 is 1.26 bits per heavy atom. The van der Waals surface area contributed by atoms with Gasteiger partial charge < -0.3 is 15.4 Å². The van der Waals surface area contributed by atoms with Gasteiger partial charge in [0, 0.05) is 34.3 Å². The van der Waals surface area contributed by atoms with E-state index >= 15 is 0 Å². The molecule has 5 N–H and O–H groups in total. The molecule has 2 aromatic carbocycles. The molecule has 184 valence electrons. The van der Waals surface area contributed by atoms with E-state index in [9.17, 15) is 9.18 Å². The van der Waals surface area contributed by atoms with Gasteiger partial charge in [-0.3, -0.25) is 10.5 Å². The zero-order valence-corrected chi connectivity index (χ0v) is 20.8. The molecular formula is C26H28Cl2FN4O2+. The topological polar surface area (TPSA) is 90.5 Å². The minimum atomic E-state index is -0.651. The Bertz CT molecular complexity index is 1200. The van der Waals surface area contributed by atoms with E-state index < -0.39 is 11.9 Å². The van der Waals surface area contributed by atoms with Crippen LogP contribution in [-0.2, 0) is 0 Å². The number of anilines is 1. The summed E-state index contributed by atoms with van der Waals surface area (Å²) in [6, 6.07) is 11.7. The van der Waals surface area contributed by atoms with Crippen LogP contribution < -0.4 is 26.1 Å². The molecule has 9 heteroatoms. The standard InChI is InChI=1S/C26H27Cl2FN4O2/c1-15(23-20(27)8-9-21(29)24(23)28)35-22-11-19(14-32-25(22)30)17-4-6-18(7-5-17)26(34)33-13-16-3-2-10-31-12-16/h4-9,11,14-16,31H,2-3,10,12-13H2,1H3,(H2,30,32)(H,33,34)/p+1. The van der Waals surface area contributed by atoms with Crippen LogP contribution in [0, 0.1) is 11.7 Å². The average Bonchev–Trinajstić information content (AvgIpc) is 2.87. The summed E-state index contributed by atoms with van der Waals surface area (Å²) in [7, 11) is 0. The number of hydrogen-bond donors (Lipinski definition) is 3. The van der Waals surface area contributed by atoms with Crippen molar-refractivity contribution in [1.29, 1.82) is 0 Å². The molecule has 1 fully saturated rings. The summed E-state index contributed by atoms with van der Waals surface area (Å²) in [5.41, 5.74) is 8.69. The van der Waals surface area contributed by atoms with Crippen LogP contribution in [0.5, 0.6) is 5.75 Å². The minimum Gasteiger partial charge on any atom is -0.478 e. The summed E-state index contributed by atoms with van der Waals surface area (Å²) in [4.78, 5) is 15.5. The summed E-state index contributed by atoms with van der Waals surface area (Å²) in [6.07, 6.45) is 3.36. The van der Waals surface area contributed by atoms with Crippen LogP contribution >= 0.6 is 23.2 Å². The number of carbonyl (C=O) groups excluding carboxylic acids is 1. The zero-order valence-electron chi connectivity index (χ0n) is 19.3. The molecule has 1 aliphatic heterocycles. The van der Waals surface area contributed by atoms with Gasteiger partial charge in [-0.1, -0.05) is 35.3 Å². The maximum absolute atomic E-state index is 13.9. The molecule has 0 radical (unpaired) electrons. The lowest BCUT2D eigenvalue weighted by molar-refractivity contribution is -0.360. The van der Waals surface area contributed by atoms with Gasteiger partial charge in [0.05, 0.1) is 11.2 Å². The first-order valence-electron chi connectivity index (χ1n) is 11.5. The van der Waals surface area contributed by atoms with Crippen LogP contribution in [0.3, 0.4) is 0 Å². The van der Waals surface area contributed by atoms with Crippen LogP contribution in [0.4, 0.5) is 10.2 Å². The lowest BCUT2D eigenvalue weighted by Crippen LogP contribution is -2.38. The second-order valence-electron chi connectivity index (χ2n) is 8.68. The Labute approximate surface area is 214 Å². The van der Waals surface area contributed by atoms with Crippen LogP contribution in [0.25, 0.3) is 11.1 Å². The van der Waals surface area contributed by atoms with Gasteiger partial charge >= 0.3 is 5.82 Å². The Morgan fingerprint density at radius 3 is 2.74 bits per heavy atom. The Balaban J connectivity index is 1.46. The molecule has 2 heterocycles. The van der Waals surface area contributed by atoms with Crippen molar-refractivity contribution in [2.24, 2.45) is 5.92 Å². The van der Waals surface area contributed by atoms with E-state index in [-0.39, 0.29) is 10.9 Å². The van der Waals surface area contributed by atoms with E-state index in [2.05, 4.69) is 15.6 Å². The maximum atomic E-state index is 13.9. The van der Waals surface area contributed by atoms with Crippen molar-refractivity contribution in [1.82, 2.24) is 10.6 Å². The number of rotatable bonds is 7. The van der Waals surface area contributed by atoms with Crippen LogP contribution in [0.15, 0.2) is 48.7 Å². The molecule has 0 aliphatic carbocycles. The molecule has 0 saturated carbocycles. The predicted molar refractivity (Wildman–Crippen MR) is 136 cm³/mol. The van der Waals surface area contributed by atoms with Crippen molar-refractivity contribution >= 4 is 34.9 Å². The normalized spacial score (nSPS) is 16.5. The highest BCUT2D eigenvalue weighted by atomic mass is 35.5. The van der Waals surface area contributed by atoms with E-state index in [4.69, 9.17) is 33.7 Å². The van der Waals surface area contributed by atoms with Crippen molar-refractivity contribution < 1.29 is 18.9 Å². The number of hydrogen-bond acceptors (Lipinski definition) is 4. The monoisotopic (exact) mass is 517 g/mol. The molecule has 4 rings (SSSR count). The fourth-order valence-electron chi connectivity index (χ4n) is 4.17. The van der Waals surface area contributed by atoms with Crippen molar-refractivity contribution in [2.75, 3.05) is 25.4 Å². The Hall–Kier alpha value is -2.87. The first-order chi connectivity index (χ1) is 16.8. The molecule has 1 aromatic heterocycles. The number of piperidine rings is 1. The SMILES string of the molecule is CC(Oc1cc(-c2ccc(C(=O)NCC3CCCNC3)cc2)c[nH+]c1N)c1c(Cl)ccc(F)c1Cl. The fourth-order valence-corrected chi connectivity index (χ4v) is 4.85. The number of carbonyl (C=O) groups is 1. The summed E-state index contributed by atoms with van der Waals surface area (Å²) in [5, 5.41) is 6.60. The first-order valence-corrected chi connectivity index (χ1v) is 12.3. The third-order valence-corrected chi connectivity index (χ3v) is 6.87. The molecule has 0 spiro atoms. The molecule has 1 amide bonds. The lowest BCUT2D eigenvalue weighted by Gasteiger charge is -2.22. The molecular weight excluding hydrogens is 490 g/mol. The second-order valence-corrected chi connectivity index (χ2v) is 9.47. The third kappa shape index (κ3) is 6.04. The number of nitrogens with one attached hydrogen (secondary N) is 3. The number of pyridine rings is 1. The number of benzene rings is 2. The summed E-state index contributed by atoms with van der Waals surface area (Å²) >= 11 is 12.3. The number of amides is 1. The maximum Gasteiger partial charge on any atom is 0.313 e. The van der Waals surface area contributed by atoms with E-state index in [0.29, 0.717) is 40.2 Å². The molecule has 0 bridgehead atoms. The Kier molecular flexibility index (Phi) is 8.11. The highest BCUT2D eigenvalue weighted by molar-refractivity contribution is 6.36. The average molecular weight is 518 g/mol. The molecule has 1 aliphatic rings. The zero-order chi connectivity index (χ0) is 24.9. The molecule has 3 aromatic rings. The number of nitrogens with two attached hydrogens (primary N) is 1. The lowest BCUT2D eigenvalue weighted by atomic mass is 9.99. The summed E-state index contributed by atoms with van der Waals surface area (Å²) in [6.45, 7) is 4.37. The fraction of sp³-hybridized carbons (Fsp3) is 0.308. The van der Waals surface area contributed by atoms with Gasteiger partial charge in [-0.2, -0.15) is 0 Å². The van der Waals surface area contributed by atoms with Gasteiger partial charge in [0.15, 0.2) is 0 Å². The van der Waals surface area contributed by atoms with Gasteiger partial charge in [-0.25, -0.2) is 9.37 Å². The number of ether oxygens (including phenoxy) is 1. The number of H-pyrrole nitrogens is 1. The number of halogens is 3. The van der Waals surface area contributed by atoms with Gasteiger partial charge in [0.1, 0.15) is 11.9 Å². The third-order valence-electron chi connectivity index (χ3n) is 6.16. The molecule has 2 atom stereocenters. The molecule has 35 heavy (non-hydrogen) atoms. The quantitative estimate of drug-likeness (QED) is 0.381. The highest BCUT2D eigenvalue weighted by Crippen LogP contribution is 2.36. The smallest absolute Gasteiger partial charge is 0.313 e. The van der Waals surface area contributed by atoms with Crippen molar-refractivity contribution in [3.8, 4) is 16.9 Å². The van der Waals surface area contributed by atoms with Gasteiger partial charge in [-0.05, 0) is 68.6 Å². The van der Waals surface area contributed by atoms with Crippen LogP contribution in [0.2, 0.25) is 10.0 Å². The summed E-state index contributed by atoms with van der Waals surface area (Å²) in [5.74, 6) is 0.476. The number of aromatic nitrogens is 1. The van der Waals surface area contributed by atoms with Crippen LogP contribution in [0.1, 0.15) is 41.8 Å². The number of nitrogen functional groups attached to an aromatic ring is 1.